The van der Waals surface area contributed by atoms with Crippen molar-refractivity contribution < 1.29 is 4.79 Å². The second-order valence-electron chi connectivity index (χ2n) is 4.12. The lowest BCUT2D eigenvalue weighted by Gasteiger charge is -2.03. The first kappa shape index (κ1) is 12.4. The van der Waals surface area contributed by atoms with Crippen LogP contribution in [0.1, 0.15) is 52.4 Å². The van der Waals surface area contributed by atoms with Crippen LogP contribution >= 0.6 is 12.2 Å². The average Bonchev–Trinajstić information content (AvgIpc) is 2.52. The third-order valence-electron chi connectivity index (χ3n) is 2.78. The van der Waals surface area contributed by atoms with Gasteiger partial charge < -0.3 is 5.32 Å². The molecule has 0 aliphatic carbocycles. The van der Waals surface area contributed by atoms with Crippen molar-refractivity contribution in [2.24, 2.45) is 0 Å². The minimum Gasteiger partial charge on any atom is -0.316 e. The molecule has 0 radical (unpaired) electrons. The molecule has 1 saturated heterocycles. The number of allylic oxidation sites excluding steroid dienone is 1. The Kier molecular flexibility index (Phi) is 4.95. The van der Waals surface area contributed by atoms with Crippen molar-refractivity contribution in [2.75, 3.05) is 0 Å². The molecule has 0 saturated carbocycles. The highest BCUT2D eigenvalue weighted by atomic mass is 32.1. The molecular weight excluding hydrogens is 206 g/mol. The second-order valence-corrected chi connectivity index (χ2v) is 4.62. The summed E-state index contributed by atoms with van der Waals surface area (Å²) in [5.41, 5.74) is 2.11. The van der Waals surface area contributed by atoms with Gasteiger partial charge in [0.1, 0.15) is 0 Å². The monoisotopic (exact) mass is 225 g/mol. The maximum Gasteiger partial charge on any atom is 0.252 e. The summed E-state index contributed by atoms with van der Waals surface area (Å²) in [5, 5.41) is 2.68. The van der Waals surface area contributed by atoms with Crippen molar-refractivity contribution in [2.45, 2.75) is 52.4 Å². The Hall–Kier alpha value is -0.700. The number of carbonyl (C=O) groups excluding carboxylic acids is 1. The predicted octanol–water partition coefficient (Wildman–Crippen LogP) is 3.12. The normalized spacial score (nSPS) is 19.3. The minimum absolute atomic E-state index is 0.0213. The van der Waals surface area contributed by atoms with Gasteiger partial charge in [-0.1, -0.05) is 44.0 Å². The molecule has 1 aliphatic rings. The van der Waals surface area contributed by atoms with Crippen LogP contribution < -0.4 is 5.32 Å². The third kappa shape index (κ3) is 3.74. The van der Waals surface area contributed by atoms with Crippen LogP contribution in [0.4, 0.5) is 0 Å². The van der Waals surface area contributed by atoms with Crippen LogP contribution in [0.25, 0.3) is 0 Å². The van der Waals surface area contributed by atoms with E-state index in [1.165, 1.54) is 31.3 Å². The van der Waals surface area contributed by atoms with Crippen LogP contribution in [0.3, 0.4) is 0 Å². The van der Waals surface area contributed by atoms with Gasteiger partial charge in [-0.15, -0.1) is 0 Å². The van der Waals surface area contributed by atoms with Crippen molar-refractivity contribution in [1.29, 1.82) is 0 Å². The molecule has 0 aromatic carbocycles. The van der Waals surface area contributed by atoms with Crippen LogP contribution in [-0.4, -0.2) is 10.9 Å². The third-order valence-corrected chi connectivity index (χ3v) is 3.03. The Labute approximate surface area is 97.1 Å². The predicted molar refractivity (Wildman–Crippen MR) is 66.8 cm³/mol. The molecule has 0 aromatic heterocycles. The van der Waals surface area contributed by atoms with Crippen molar-refractivity contribution in [1.82, 2.24) is 5.32 Å². The molecule has 84 valence electrons. The zero-order valence-corrected chi connectivity index (χ0v) is 10.4. The van der Waals surface area contributed by atoms with E-state index in [0.717, 1.165) is 12.0 Å². The maximum atomic E-state index is 11.5. The van der Waals surface area contributed by atoms with E-state index in [2.05, 4.69) is 19.2 Å². The number of hydrogen-bond acceptors (Lipinski definition) is 2. The molecular formula is C12H19NOS. The van der Waals surface area contributed by atoms with E-state index in [-0.39, 0.29) is 5.91 Å². The van der Waals surface area contributed by atoms with Gasteiger partial charge >= 0.3 is 0 Å². The van der Waals surface area contributed by atoms with Gasteiger partial charge in [0.05, 0.1) is 4.99 Å². The number of unbranched alkanes of at least 4 members (excludes halogenated alkanes) is 3. The molecule has 0 bridgehead atoms. The van der Waals surface area contributed by atoms with E-state index in [1.807, 2.05) is 0 Å². The standard InChI is InChI=1S/C12H19NOS/c1-3-4-5-6-7-9(2)10-8-11(15)13-12(10)14/h3-8H2,1-2H3,(H,13,14,15). The molecule has 0 aromatic rings. The number of thiocarbonyl (C=S) groups is 1. The Morgan fingerprint density at radius 2 is 2.13 bits per heavy atom. The zero-order valence-electron chi connectivity index (χ0n) is 9.56. The fourth-order valence-corrected chi connectivity index (χ4v) is 2.04. The maximum absolute atomic E-state index is 11.5. The molecule has 1 aliphatic heterocycles. The molecule has 1 rings (SSSR count). The molecule has 1 heterocycles. The van der Waals surface area contributed by atoms with E-state index >= 15 is 0 Å². The summed E-state index contributed by atoms with van der Waals surface area (Å²) < 4.78 is 0. The van der Waals surface area contributed by atoms with Crippen LogP contribution in [0, 0.1) is 0 Å². The summed E-state index contributed by atoms with van der Waals surface area (Å²) in [6.45, 7) is 4.25. The van der Waals surface area contributed by atoms with E-state index in [9.17, 15) is 4.79 Å². The van der Waals surface area contributed by atoms with Crippen LogP contribution in [0.5, 0.6) is 0 Å². The summed E-state index contributed by atoms with van der Waals surface area (Å²) in [7, 11) is 0. The molecule has 15 heavy (non-hydrogen) atoms. The van der Waals surface area contributed by atoms with Crippen molar-refractivity contribution in [3.8, 4) is 0 Å². The molecule has 0 atom stereocenters. The van der Waals surface area contributed by atoms with Crippen LogP contribution in [0.15, 0.2) is 11.1 Å². The fourth-order valence-electron chi connectivity index (χ4n) is 1.80. The van der Waals surface area contributed by atoms with E-state index in [4.69, 9.17) is 12.2 Å². The first-order valence-electron chi connectivity index (χ1n) is 5.68. The second kappa shape index (κ2) is 6.01. The van der Waals surface area contributed by atoms with Gasteiger partial charge in [0.2, 0.25) is 0 Å². The summed E-state index contributed by atoms with van der Waals surface area (Å²) >= 11 is 4.98. The fraction of sp³-hybridized carbons (Fsp3) is 0.667. The Morgan fingerprint density at radius 3 is 2.67 bits per heavy atom. The smallest absolute Gasteiger partial charge is 0.252 e. The number of amides is 1. The zero-order chi connectivity index (χ0) is 11.3. The molecule has 2 nitrogen and oxygen atoms in total. The summed E-state index contributed by atoms with van der Waals surface area (Å²) in [6, 6.07) is 0. The van der Waals surface area contributed by atoms with Crippen LogP contribution in [0.2, 0.25) is 0 Å². The molecule has 0 unspecified atom stereocenters. The van der Waals surface area contributed by atoms with Gasteiger partial charge in [-0.3, -0.25) is 4.79 Å². The van der Waals surface area contributed by atoms with Crippen molar-refractivity contribution in [3.05, 3.63) is 11.1 Å². The van der Waals surface area contributed by atoms with Crippen molar-refractivity contribution >= 4 is 23.1 Å². The Bertz CT molecular complexity index is 294. The lowest BCUT2D eigenvalue weighted by molar-refractivity contribution is -0.115. The minimum atomic E-state index is 0.0213. The lowest BCUT2D eigenvalue weighted by atomic mass is 10.0. The largest absolute Gasteiger partial charge is 0.316 e. The van der Waals surface area contributed by atoms with Gasteiger partial charge in [-0.2, -0.15) is 0 Å². The van der Waals surface area contributed by atoms with Gasteiger partial charge in [-0.25, -0.2) is 0 Å². The van der Waals surface area contributed by atoms with Gasteiger partial charge in [0, 0.05) is 12.0 Å². The highest BCUT2D eigenvalue weighted by Crippen LogP contribution is 2.20. The van der Waals surface area contributed by atoms with E-state index < -0.39 is 0 Å². The van der Waals surface area contributed by atoms with Crippen molar-refractivity contribution in [3.63, 3.8) is 0 Å². The first-order valence-corrected chi connectivity index (χ1v) is 6.08. The van der Waals surface area contributed by atoms with Crippen LogP contribution in [-0.2, 0) is 4.79 Å². The summed E-state index contributed by atoms with van der Waals surface area (Å²) in [6.07, 6.45) is 6.66. The number of carbonyl (C=O) groups is 1. The Morgan fingerprint density at radius 1 is 1.40 bits per heavy atom. The SMILES string of the molecule is CCCCCCC(C)=C1CC(=S)NC1=O. The molecule has 1 amide bonds. The molecule has 1 N–H and O–H groups in total. The van der Waals surface area contributed by atoms with E-state index in [1.54, 1.807) is 0 Å². The highest BCUT2D eigenvalue weighted by molar-refractivity contribution is 7.80. The quantitative estimate of drug-likeness (QED) is 0.442. The van der Waals surface area contributed by atoms with Gasteiger partial charge in [-0.05, 0) is 19.8 Å². The molecule has 3 heteroatoms. The number of nitrogens with one attached hydrogen (secondary N) is 1. The molecule has 1 fully saturated rings. The summed E-state index contributed by atoms with van der Waals surface area (Å²) in [5.74, 6) is 0.0213. The number of rotatable bonds is 5. The summed E-state index contributed by atoms with van der Waals surface area (Å²) in [4.78, 5) is 12.1. The average molecular weight is 225 g/mol. The lowest BCUT2D eigenvalue weighted by Crippen LogP contribution is -2.18. The van der Waals surface area contributed by atoms with E-state index in [0.29, 0.717) is 11.4 Å². The first-order chi connectivity index (χ1) is 7.15. The van der Waals surface area contributed by atoms with Gasteiger partial charge in [0.25, 0.3) is 5.91 Å². The number of hydrogen-bond donors (Lipinski definition) is 1. The van der Waals surface area contributed by atoms with Gasteiger partial charge in [0.15, 0.2) is 0 Å². The highest BCUT2D eigenvalue weighted by Gasteiger charge is 2.22. The molecule has 0 spiro atoms. The topological polar surface area (TPSA) is 29.1 Å². The Balaban J connectivity index is 2.43.